The first-order valence-electron chi connectivity index (χ1n) is 8.37. The Morgan fingerprint density at radius 3 is 2.33 bits per heavy atom. The van der Waals surface area contributed by atoms with Gasteiger partial charge in [-0.2, -0.15) is 0 Å². The third-order valence-corrected chi connectivity index (χ3v) is 3.70. The van der Waals surface area contributed by atoms with Crippen LogP contribution in [0.15, 0.2) is 60.7 Å². The lowest BCUT2D eigenvalue weighted by atomic mass is 10.1. The van der Waals surface area contributed by atoms with Crippen LogP contribution in [-0.4, -0.2) is 37.4 Å². The van der Waals surface area contributed by atoms with Crippen molar-refractivity contribution >= 4 is 23.7 Å². The smallest absolute Gasteiger partial charge is 0.328 e. The number of methoxy groups -OCH3 is 1. The Labute approximate surface area is 157 Å². The van der Waals surface area contributed by atoms with E-state index in [1.807, 2.05) is 30.3 Å². The molecule has 2 rings (SSSR count). The first-order chi connectivity index (χ1) is 13.0. The molecule has 6 heteroatoms. The number of ether oxygens (including phenoxy) is 2. The fourth-order valence-electron chi connectivity index (χ4n) is 2.18. The maximum Gasteiger partial charge on any atom is 0.328 e. The highest BCUT2D eigenvalue weighted by Crippen LogP contribution is 2.11. The van der Waals surface area contributed by atoms with E-state index in [0.29, 0.717) is 11.3 Å². The summed E-state index contributed by atoms with van der Waals surface area (Å²) in [6, 6.07) is 14.9. The van der Waals surface area contributed by atoms with Gasteiger partial charge >= 0.3 is 5.97 Å². The van der Waals surface area contributed by atoms with E-state index < -0.39 is 24.5 Å². The highest BCUT2D eigenvalue weighted by molar-refractivity contribution is 5.99. The van der Waals surface area contributed by atoms with Gasteiger partial charge in [0, 0.05) is 11.6 Å². The largest absolute Gasteiger partial charge is 0.497 e. The van der Waals surface area contributed by atoms with Crippen LogP contribution in [-0.2, 0) is 14.3 Å². The molecule has 1 N–H and O–H groups in total. The summed E-state index contributed by atoms with van der Waals surface area (Å²) in [6.45, 7) is 1.10. The molecule has 0 saturated carbocycles. The van der Waals surface area contributed by atoms with Crippen LogP contribution in [0.4, 0.5) is 0 Å². The van der Waals surface area contributed by atoms with Gasteiger partial charge in [-0.05, 0) is 42.8 Å². The highest BCUT2D eigenvalue weighted by Gasteiger charge is 2.17. The molecule has 0 aliphatic heterocycles. The van der Waals surface area contributed by atoms with Gasteiger partial charge in [-0.25, -0.2) is 4.79 Å². The highest BCUT2D eigenvalue weighted by atomic mass is 16.5. The minimum Gasteiger partial charge on any atom is -0.497 e. The summed E-state index contributed by atoms with van der Waals surface area (Å²) < 4.78 is 10.0. The zero-order valence-corrected chi connectivity index (χ0v) is 15.2. The number of ketones is 1. The van der Waals surface area contributed by atoms with Crippen LogP contribution in [0.5, 0.6) is 5.75 Å². The van der Waals surface area contributed by atoms with Crippen molar-refractivity contribution in [1.29, 1.82) is 0 Å². The van der Waals surface area contributed by atoms with Crippen LogP contribution < -0.4 is 10.1 Å². The van der Waals surface area contributed by atoms with Crippen LogP contribution in [0, 0.1) is 0 Å². The molecule has 0 aliphatic carbocycles. The number of carbonyl (C=O) groups is 3. The second-order valence-electron chi connectivity index (χ2n) is 5.73. The van der Waals surface area contributed by atoms with Gasteiger partial charge in [0.2, 0.25) is 5.91 Å². The number of nitrogens with one attached hydrogen (secondary N) is 1. The molecular formula is C21H21NO5. The van der Waals surface area contributed by atoms with E-state index in [1.54, 1.807) is 30.3 Å². The number of benzene rings is 2. The molecule has 2 aromatic rings. The van der Waals surface area contributed by atoms with Crippen molar-refractivity contribution in [1.82, 2.24) is 5.32 Å². The van der Waals surface area contributed by atoms with Crippen molar-refractivity contribution < 1.29 is 23.9 Å². The van der Waals surface area contributed by atoms with E-state index in [2.05, 4.69) is 5.32 Å². The molecule has 27 heavy (non-hydrogen) atoms. The first kappa shape index (κ1) is 19.9. The monoisotopic (exact) mass is 367 g/mol. The normalized spacial score (nSPS) is 11.6. The average Bonchev–Trinajstić information content (AvgIpc) is 2.71. The summed E-state index contributed by atoms with van der Waals surface area (Å²) in [6.07, 6.45) is 2.97. The molecule has 0 aliphatic rings. The Morgan fingerprint density at radius 2 is 1.70 bits per heavy atom. The summed E-state index contributed by atoms with van der Waals surface area (Å²) in [5.41, 5.74) is 1.28. The van der Waals surface area contributed by atoms with Crippen molar-refractivity contribution in [3.63, 3.8) is 0 Å². The fourth-order valence-corrected chi connectivity index (χ4v) is 2.18. The molecule has 140 valence electrons. The molecule has 2 aromatic carbocycles. The first-order valence-corrected chi connectivity index (χ1v) is 8.37. The van der Waals surface area contributed by atoms with Gasteiger partial charge in [0.05, 0.1) is 7.11 Å². The van der Waals surface area contributed by atoms with E-state index in [9.17, 15) is 14.4 Å². The third kappa shape index (κ3) is 6.43. The van der Waals surface area contributed by atoms with Gasteiger partial charge in [-0.15, -0.1) is 0 Å². The van der Waals surface area contributed by atoms with Crippen molar-refractivity contribution in [3.8, 4) is 5.75 Å². The van der Waals surface area contributed by atoms with Crippen LogP contribution in [0.1, 0.15) is 22.8 Å². The predicted molar refractivity (Wildman–Crippen MR) is 101 cm³/mol. The Morgan fingerprint density at radius 1 is 1.04 bits per heavy atom. The molecule has 0 heterocycles. The molecule has 0 aromatic heterocycles. The molecule has 0 bridgehead atoms. The topological polar surface area (TPSA) is 81.7 Å². The molecular weight excluding hydrogens is 346 g/mol. The number of hydrogen-bond donors (Lipinski definition) is 1. The molecule has 1 atom stereocenters. The summed E-state index contributed by atoms with van der Waals surface area (Å²) in [4.78, 5) is 35.9. The Bertz CT molecular complexity index is 812. The number of rotatable bonds is 8. The average molecular weight is 367 g/mol. The standard InChI is InChI=1S/C21H21NO5/c1-15(22-20(24)13-8-16-6-4-3-5-7-16)21(25)27-14-19(23)17-9-11-18(26-2)12-10-17/h3-13,15H,14H2,1-2H3,(H,22,24)/b13-8+/t15-/m0/s1. The van der Waals surface area contributed by atoms with Gasteiger partial charge in [-0.3, -0.25) is 9.59 Å². The number of esters is 1. The van der Waals surface area contributed by atoms with Crippen molar-refractivity contribution in [2.45, 2.75) is 13.0 Å². The Hall–Kier alpha value is -3.41. The molecule has 0 unspecified atom stereocenters. The van der Waals surface area contributed by atoms with Crippen LogP contribution in [0.25, 0.3) is 6.08 Å². The van der Waals surface area contributed by atoms with Crippen molar-refractivity contribution in [3.05, 3.63) is 71.8 Å². The summed E-state index contributed by atoms with van der Waals surface area (Å²) in [5, 5.41) is 2.50. The second kappa shape index (κ2) is 9.91. The van der Waals surface area contributed by atoms with Crippen LogP contribution in [0.2, 0.25) is 0 Å². The predicted octanol–water partition coefficient (Wildman–Crippen LogP) is 2.64. The van der Waals surface area contributed by atoms with Crippen molar-refractivity contribution in [2.24, 2.45) is 0 Å². The fraction of sp³-hybridized carbons (Fsp3) is 0.190. The van der Waals surface area contributed by atoms with Gasteiger partial charge in [0.25, 0.3) is 0 Å². The van der Waals surface area contributed by atoms with Gasteiger partial charge in [0.1, 0.15) is 11.8 Å². The lowest BCUT2D eigenvalue weighted by Crippen LogP contribution is -2.39. The molecule has 0 fully saturated rings. The number of amides is 1. The van der Waals surface area contributed by atoms with E-state index in [0.717, 1.165) is 5.56 Å². The lowest BCUT2D eigenvalue weighted by molar-refractivity contribution is -0.145. The summed E-state index contributed by atoms with van der Waals surface area (Å²) in [7, 11) is 1.53. The van der Waals surface area contributed by atoms with Gasteiger partial charge in [0.15, 0.2) is 12.4 Å². The van der Waals surface area contributed by atoms with Crippen LogP contribution in [0.3, 0.4) is 0 Å². The lowest BCUT2D eigenvalue weighted by Gasteiger charge is -2.12. The minimum absolute atomic E-state index is 0.339. The van der Waals surface area contributed by atoms with E-state index in [4.69, 9.17) is 9.47 Å². The summed E-state index contributed by atoms with van der Waals surface area (Å²) in [5.74, 6) is -0.819. The number of Topliss-reactive ketones (excluding diaryl/α,β-unsaturated/α-hetero) is 1. The summed E-state index contributed by atoms with van der Waals surface area (Å²) >= 11 is 0. The second-order valence-corrected chi connectivity index (χ2v) is 5.73. The van der Waals surface area contributed by atoms with E-state index in [-0.39, 0.29) is 5.78 Å². The van der Waals surface area contributed by atoms with E-state index >= 15 is 0 Å². The zero-order valence-electron chi connectivity index (χ0n) is 15.2. The number of hydrogen-bond acceptors (Lipinski definition) is 5. The van der Waals surface area contributed by atoms with Gasteiger partial charge in [-0.1, -0.05) is 30.3 Å². The Kier molecular flexibility index (Phi) is 7.31. The maximum absolute atomic E-state index is 12.0. The Balaban J connectivity index is 1.79. The molecule has 0 radical (unpaired) electrons. The van der Waals surface area contributed by atoms with Crippen LogP contribution >= 0.6 is 0 Å². The number of carbonyl (C=O) groups excluding carboxylic acids is 3. The zero-order chi connectivity index (χ0) is 19.6. The SMILES string of the molecule is COc1ccc(C(=O)COC(=O)[C@H](C)NC(=O)/C=C/c2ccccc2)cc1. The van der Waals surface area contributed by atoms with Gasteiger partial charge < -0.3 is 14.8 Å². The molecule has 0 spiro atoms. The minimum atomic E-state index is -0.874. The molecule has 1 amide bonds. The quantitative estimate of drug-likeness (QED) is 0.441. The van der Waals surface area contributed by atoms with E-state index in [1.165, 1.54) is 20.1 Å². The molecule has 6 nitrogen and oxygen atoms in total. The third-order valence-electron chi connectivity index (χ3n) is 3.70. The maximum atomic E-state index is 12.0. The van der Waals surface area contributed by atoms with Crippen molar-refractivity contribution in [2.75, 3.05) is 13.7 Å². The molecule has 0 saturated heterocycles.